The molecule has 7 heteroatoms. The van der Waals surface area contributed by atoms with E-state index in [0.717, 1.165) is 36.8 Å². The van der Waals surface area contributed by atoms with Gasteiger partial charge in [0.1, 0.15) is 5.75 Å². The number of anilines is 2. The average molecular weight is 451 g/mol. The number of hydrogen-bond donors (Lipinski definition) is 3. The average Bonchev–Trinajstić information content (AvgIpc) is 2.81. The molecule has 3 aromatic carbocycles. The first-order valence-corrected chi connectivity index (χ1v) is 10.9. The molecule has 0 spiro atoms. The van der Waals surface area contributed by atoms with Crippen LogP contribution in [0.5, 0.6) is 5.75 Å². The molecule has 164 valence electrons. The first-order valence-electron chi connectivity index (χ1n) is 10.6. The third kappa shape index (κ3) is 5.10. The summed E-state index contributed by atoms with van der Waals surface area (Å²) in [7, 11) is 0. The summed E-state index contributed by atoms with van der Waals surface area (Å²) in [6, 6.07) is 21.1. The van der Waals surface area contributed by atoms with Crippen molar-refractivity contribution in [3.63, 3.8) is 0 Å². The van der Waals surface area contributed by atoms with Crippen LogP contribution in [0.15, 0.2) is 72.8 Å². The van der Waals surface area contributed by atoms with Crippen molar-refractivity contribution >= 4 is 34.7 Å². The van der Waals surface area contributed by atoms with E-state index in [4.69, 9.17) is 11.6 Å². The Bertz CT molecular complexity index is 1110. The van der Waals surface area contributed by atoms with Gasteiger partial charge in [0.25, 0.3) is 5.91 Å². The van der Waals surface area contributed by atoms with Gasteiger partial charge in [0.2, 0.25) is 0 Å². The fourth-order valence-electron chi connectivity index (χ4n) is 3.95. The minimum Gasteiger partial charge on any atom is -0.506 e. The molecule has 1 fully saturated rings. The lowest BCUT2D eigenvalue weighted by atomic mass is 10.0. The Morgan fingerprint density at radius 2 is 1.66 bits per heavy atom. The van der Waals surface area contributed by atoms with E-state index in [9.17, 15) is 14.7 Å². The van der Waals surface area contributed by atoms with Gasteiger partial charge in [0.05, 0.1) is 37.6 Å². The van der Waals surface area contributed by atoms with Gasteiger partial charge >= 0.3 is 0 Å². The van der Waals surface area contributed by atoms with Crippen LogP contribution in [0.2, 0.25) is 5.02 Å². The van der Waals surface area contributed by atoms with E-state index in [1.165, 1.54) is 0 Å². The van der Waals surface area contributed by atoms with Gasteiger partial charge in [-0.3, -0.25) is 9.59 Å². The third-order valence-corrected chi connectivity index (χ3v) is 5.87. The highest BCUT2D eigenvalue weighted by atomic mass is 35.5. The first-order chi connectivity index (χ1) is 15.5. The molecule has 0 atom stereocenters. The molecular formula is C25H25ClN3O3+. The number of benzene rings is 3. The number of rotatable bonds is 6. The van der Waals surface area contributed by atoms with Crippen LogP contribution in [0.25, 0.3) is 0 Å². The number of piperazine rings is 1. The summed E-state index contributed by atoms with van der Waals surface area (Å²) in [5, 5.41) is 13.4. The summed E-state index contributed by atoms with van der Waals surface area (Å²) in [6.07, 6.45) is 0. The number of aromatic hydroxyl groups is 1. The third-order valence-electron chi connectivity index (χ3n) is 5.64. The number of para-hydroxylation sites is 2. The second-order valence-corrected chi connectivity index (χ2v) is 8.27. The molecule has 1 amide bonds. The Hall–Kier alpha value is -3.35. The second-order valence-electron chi connectivity index (χ2n) is 7.84. The summed E-state index contributed by atoms with van der Waals surface area (Å²) in [4.78, 5) is 29.0. The molecule has 0 aliphatic carbocycles. The van der Waals surface area contributed by atoms with Crippen LogP contribution < -0.4 is 15.1 Å². The van der Waals surface area contributed by atoms with Crippen molar-refractivity contribution in [3.8, 4) is 5.75 Å². The van der Waals surface area contributed by atoms with Crippen LogP contribution in [0.3, 0.4) is 0 Å². The van der Waals surface area contributed by atoms with Crippen molar-refractivity contribution in [1.29, 1.82) is 0 Å². The van der Waals surface area contributed by atoms with Crippen molar-refractivity contribution in [2.24, 2.45) is 0 Å². The van der Waals surface area contributed by atoms with E-state index in [-0.39, 0.29) is 17.4 Å². The molecule has 1 heterocycles. The highest BCUT2D eigenvalue weighted by Gasteiger charge is 2.24. The van der Waals surface area contributed by atoms with Crippen molar-refractivity contribution < 1.29 is 19.6 Å². The van der Waals surface area contributed by atoms with Gasteiger partial charge in [0.15, 0.2) is 12.3 Å². The predicted octanol–water partition coefficient (Wildman–Crippen LogP) is 2.62. The maximum Gasteiger partial charge on any atom is 0.279 e. The van der Waals surface area contributed by atoms with E-state index in [1.54, 1.807) is 54.6 Å². The Morgan fingerprint density at radius 3 is 2.38 bits per heavy atom. The predicted molar refractivity (Wildman–Crippen MR) is 126 cm³/mol. The molecular weight excluding hydrogens is 426 g/mol. The smallest absolute Gasteiger partial charge is 0.279 e. The lowest BCUT2D eigenvalue weighted by molar-refractivity contribution is -0.892. The van der Waals surface area contributed by atoms with E-state index in [2.05, 4.69) is 10.2 Å². The minimum atomic E-state index is -0.188. The lowest BCUT2D eigenvalue weighted by Gasteiger charge is -2.33. The van der Waals surface area contributed by atoms with E-state index < -0.39 is 0 Å². The van der Waals surface area contributed by atoms with Crippen molar-refractivity contribution in [2.45, 2.75) is 0 Å². The summed E-state index contributed by atoms with van der Waals surface area (Å²) >= 11 is 6.12. The van der Waals surface area contributed by atoms with Gasteiger partial charge in [-0.1, -0.05) is 54.1 Å². The van der Waals surface area contributed by atoms with Crippen LogP contribution in [0.4, 0.5) is 11.4 Å². The maximum absolute atomic E-state index is 12.9. The highest BCUT2D eigenvalue weighted by Crippen LogP contribution is 2.26. The van der Waals surface area contributed by atoms with Crippen LogP contribution in [0, 0.1) is 0 Å². The largest absolute Gasteiger partial charge is 0.506 e. The standard InChI is InChI=1S/C25H24ClN3O3/c26-19-10-11-21(20(16-19)25(32)18-6-2-1-3-7-18)27-24(31)17-28-12-14-29(15-13-28)22-8-4-5-9-23(22)30/h1-11,16,30H,12-15,17H2,(H,27,31)/p+1. The summed E-state index contributed by atoms with van der Waals surface area (Å²) < 4.78 is 0. The first kappa shape index (κ1) is 21.9. The van der Waals surface area contributed by atoms with Gasteiger partial charge in [0, 0.05) is 16.1 Å². The highest BCUT2D eigenvalue weighted by molar-refractivity contribution is 6.31. The number of phenolic OH excluding ortho intramolecular Hbond substituents is 1. The second kappa shape index (κ2) is 9.85. The summed E-state index contributed by atoms with van der Waals surface area (Å²) in [5.41, 5.74) is 2.19. The normalized spacial score (nSPS) is 14.2. The number of quaternary nitrogens is 1. The zero-order valence-corrected chi connectivity index (χ0v) is 18.3. The molecule has 0 aromatic heterocycles. The molecule has 0 bridgehead atoms. The molecule has 0 radical (unpaired) electrons. The monoisotopic (exact) mass is 450 g/mol. The van der Waals surface area contributed by atoms with Gasteiger partial charge in [-0.25, -0.2) is 0 Å². The van der Waals surface area contributed by atoms with Crippen LogP contribution in [0.1, 0.15) is 15.9 Å². The quantitative estimate of drug-likeness (QED) is 0.505. The van der Waals surface area contributed by atoms with Crippen LogP contribution in [-0.4, -0.2) is 49.5 Å². The Morgan fingerprint density at radius 1 is 0.969 bits per heavy atom. The molecule has 3 N–H and O–H groups in total. The summed E-state index contributed by atoms with van der Waals surface area (Å²) in [6.45, 7) is 3.35. The van der Waals surface area contributed by atoms with Gasteiger partial charge in [-0.15, -0.1) is 0 Å². The number of carbonyl (C=O) groups is 2. The minimum absolute atomic E-state index is 0.152. The van der Waals surface area contributed by atoms with E-state index in [1.807, 2.05) is 18.2 Å². The molecule has 3 aromatic rings. The van der Waals surface area contributed by atoms with Crippen LogP contribution in [-0.2, 0) is 4.79 Å². The molecule has 1 aliphatic heterocycles. The van der Waals surface area contributed by atoms with E-state index in [0.29, 0.717) is 28.4 Å². The van der Waals surface area contributed by atoms with Crippen molar-refractivity contribution in [3.05, 3.63) is 88.9 Å². The number of phenols is 1. The number of hydrogen-bond acceptors (Lipinski definition) is 4. The van der Waals surface area contributed by atoms with E-state index >= 15 is 0 Å². The molecule has 32 heavy (non-hydrogen) atoms. The molecule has 0 unspecified atom stereocenters. The SMILES string of the molecule is O=C(C[NH+]1CCN(c2ccccc2O)CC1)Nc1ccc(Cl)cc1C(=O)c1ccccc1. The fraction of sp³-hybridized carbons (Fsp3) is 0.200. The number of ketones is 1. The topological polar surface area (TPSA) is 74.1 Å². The molecule has 6 nitrogen and oxygen atoms in total. The molecule has 4 rings (SSSR count). The Kier molecular flexibility index (Phi) is 6.73. The van der Waals surface area contributed by atoms with Crippen LogP contribution >= 0.6 is 11.6 Å². The number of nitrogens with one attached hydrogen (secondary N) is 2. The number of halogens is 1. The zero-order valence-electron chi connectivity index (χ0n) is 17.6. The zero-order chi connectivity index (χ0) is 22.5. The van der Waals surface area contributed by atoms with Crippen molar-refractivity contribution in [1.82, 2.24) is 0 Å². The summed E-state index contributed by atoms with van der Waals surface area (Å²) in [5.74, 6) is -0.0699. The Balaban J connectivity index is 1.39. The van der Waals surface area contributed by atoms with Gasteiger partial charge < -0.3 is 20.2 Å². The Labute approximate surface area is 192 Å². The van der Waals surface area contributed by atoms with Crippen molar-refractivity contribution in [2.75, 3.05) is 42.9 Å². The number of carbonyl (C=O) groups excluding carboxylic acids is 2. The molecule has 1 aliphatic rings. The fourth-order valence-corrected chi connectivity index (χ4v) is 4.12. The van der Waals surface area contributed by atoms with Gasteiger partial charge in [-0.05, 0) is 30.3 Å². The maximum atomic E-state index is 12.9. The lowest BCUT2D eigenvalue weighted by Crippen LogP contribution is -3.15. The molecule has 1 saturated heterocycles. The van der Waals surface area contributed by atoms with Gasteiger partial charge in [-0.2, -0.15) is 0 Å². The number of amides is 1. The number of nitrogens with zero attached hydrogens (tertiary/aromatic N) is 1. The molecule has 0 saturated carbocycles.